The van der Waals surface area contributed by atoms with E-state index in [0.29, 0.717) is 6.54 Å². The van der Waals surface area contributed by atoms with Gasteiger partial charge in [-0.25, -0.2) is 4.98 Å². The lowest BCUT2D eigenvalue weighted by atomic mass is 10.1. The van der Waals surface area contributed by atoms with Crippen molar-refractivity contribution in [3.05, 3.63) is 48.0 Å². The minimum atomic E-state index is 0.0867. The molecule has 1 unspecified atom stereocenters. The summed E-state index contributed by atoms with van der Waals surface area (Å²) in [6.07, 6.45) is 3.64. The molecule has 1 aromatic heterocycles. The topological polar surface area (TPSA) is 55.9 Å². The van der Waals surface area contributed by atoms with Crippen LogP contribution < -0.4 is 11.1 Å². The second-order valence-corrected chi connectivity index (χ2v) is 4.18. The first kappa shape index (κ1) is 11.7. The summed E-state index contributed by atoms with van der Waals surface area (Å²) in [6.45, 7) is 2.62. The van der Waals surface area contributed by atoms with E-state index in [1.54, 1.807) is 6.33 Å². The number of benzene rings is 1. The van der Waals surface area contributed by atoms with Crippen molar-refractivity contribution in [1.29, 1.82) is 0 Å². The summed E-state index contributed by atoms with van der Waals surface area (Å²) in [7, 11) is 1.98. The maximum atomic E-state index is 5.83. The number of imidazole rings is 1. The van der Waals surface area contributed by atoms with Crippen molar-refractivity contribution in [2.75, 3.05) is 11.9 Å². The van der Waals surface area contributed by atoms with Crippen LogP contribution in [0.4, 0.5) is 5.69 Å². The molecule has 0 fully saturated rings. The van der Waals surface area contributed by atoms with E-state index in [0.717, 1.165) is 11.4 Å². The lowest BCUT2D eigenvalue weighted by molar-refractivity contribution is 0.705. The van der Waals surface area contributed by atoms with E-state index < -0.39 is 0 Å². The Balaban J connectivity index is 2.22. The van der Waals surface area contributed by atoms with Crippen molar-refractivity contribution < 1.29 is 0 Å². The van der Waals surface area contributed by atoms with E-state index in [2.05, 4.69) is 29.4 Å². The van der Waals surface area contributed by atoms with Gasteiger partial charge in [0, 0.05) is 19.3 Å². The van der Waals surface area contributed by atoms with Crippen LogP contribution in [0, 0.1) is 6.92 Å². The standard InChI is InChI=1S/C13H18N4/c1-10-5-3-4-6-11(10)16-12(7-14)13-8-15-9-17(13)2/h3-6,8-9,12,16H,7,14H2,1-2H3. The van der Waals surface area contributed by atoms with Crippen molar-refractivity contribution >= 4 is 5.69 Å². The molecule has 4 nitrogen and oxygen atoms in total. The Morgan fingerprint density at radius 1 is 1.41 bits per heavy atom. The van der Waals surface area contributed by atoms with Crippen LogP contribution in [-0.4, -0.2) is 16.1 Å². The van der Waals surface area contributed by atoms with Gasteiger partial charge in [-0.3, -0.25) is 0 Å². The van der Waals surface area contributed by atoms with Gasteiger partial charge in [0.2, 0.25) is 0 Å². The summed E-state index contributed by atoms with van der Waals surface area (Å²) < 4.78 is 1.99. The van der Waals surface area contributed by atoms with Crippen LogP contribution in [0.5, 0.6) is 0 Å². The third kappa shape index (κ3) is 2.47. The Labute approximate surface area is 101 Å². The largest absolute Gasteiger partial charge is 0.375 e. The molecule has 17 heavy (non-hydrogen) atoms. The van der Waals surface area contributed by atoms with E-state index >= 15 is 0 Å². The van der Waals surface area contributed by atoms with Crippen LogP contribution in [0.25, 0.3) is 0 Å². The average Bonchev–Trinajstić information content (AvgIpc) is 2.75. The summed E-state index contributed by atoms with van der Waals surface area (Å²) in [6, 6.07) is 8.28. The minimum Gasteiger partial charge on any atom is -0.375 e. The maximum Gasteiger partial charge on any atom is 0.0946 e. The van der Waals surface area contributed by atoms with Gasteiger partial charge in [0.1, 0.15) is 0 Å². The minimum absolute atomic E-state index is 0.0867. The second kappa shape index (κ2) is 5.01. The highest BCUT2D eigenvalue weighted by atomic mass is 15.1. The fraction of sp³-hybridized carbons (Fsp3) is 0.308. The summed E-state index contributed by atoms with van der Waals surface area (Å²) in [5, 5.41) is 3.45. The Morgan fingerprint density at radius 3 is 2.76 bits per heavy atom. The lowest BCUT2D eigenvalue weighted by Crippen LogP contribution is -2.23. The molecule has 3 N–H and O–H groups in total. The number of aromatic nitrogens is 2. The zero-order valence-corrected chi connectivity index (χ0v) is 10.2. The first-order valence-corrected chi connectivity index (χ1v) is 5.71. The average molecular weight is 230 g/mol. The molecule has 90 valence electrons. The smallest absolute Gasteiger partial charge is 0.0946 e. The molecule has 0 saturated heterocycles. The number of para-hydroxylation sites is 1. The van der Waals surface area contributed by atoms with E-state index in [1.165, 1.54) is 5.56 Å². The number of nitrogens with zero attached hydrogens (tertiary/aromatic N) is 2. The van der Waals surface area contributed by atoms with Crippen LogP contribution >= 0.6 is 0 Å². The van der Waals surface area contributed by atoms with Gasteiger partial charge < -0.3 is 15.6 Å². The number of rotatable bonds is 4. The van der Waals surface area contributed by atoms with Crippen LogP contribution in [0.15, 0.2) is 36.8 Å². The summed E-state index contributed by atoms with van der Waals surface area (Å²) in [5.41, 5.74) is 9.25. The Morgan fingerprint density at radius 2 is 2.18 bits per heavy atom. The van der Waals surface area contributed by atoms with Crippen LogP contribution in [-0.2, 0) is 7.05 Å². The molecule has 0 saturated carbocycles. The number of hydrogen-bond donors (Lipinski definition) is 2. The highest BCUT2D eigenvalue weighted by Gasteiger charge is 2.13. The molecule has 0 aliphatic rings. The monoisotopic (exact) mass is 230 g/mol. The van der Waals surface area contributed by atoms with Crippen LogP contribution in [0.1, 0.15) is 17.3 Å². The Hall–Kier alpha value is -1.81. The van der Waals surface area contributed by atoms with E-state index in [-0.39, 0.29) is 6.04 Å². The number of nitrogens with two attached hydrogens (primary N) is 1. The molecule has 0 aliphatic heterocycles. The first-order chi connectivity index (χ1) is 8.22. The molecule has 1 atom stereocenters. The van der Waals surface area contributed by atoms with E-state index in [4.69, 9.17) is 5.73 Å². The molecule has 0 bridgehead atoms. The summed E-state index contributed by atoms with van der Waals surface area (Å²) in [5.74, 6) is 0. The Kier molecular flexibility index (Phi) is 3.44. The van der Waals surface area contributed by atoms with Crippen molar-refractivity contribution in [3.63, 3.8) is 0 Å². The van der Waals surface area contributed by atoms with Gasteiger partial charge in [0.05, 0.1) is 24.3 Å². The highest BCUT2D eigenvalue weighted by molar-refractivity contribution is 5.51. The molecule has 4 heteroatoms. The van der Waals surface area contributed by atoms with Gasteiger partial charge in [0.25, 0.3) is 0 Å². The van der Waals surface area contributed by atoms with Gasteiger partial charge in [-0.05, 0) is 18.6 Å². The second-order valence-electron chi connectivity index (χ2n) is 4.18. The van der Waals surface area contributed by atoms with Gasteiger partial charge >= 0.3 is 0 Å². The number of hydrogen-bond acceptors (Lipinski definition) is 3. The molecule has 1 heterocycles. The predicted molar refractivity (Wildman–Crippen MR) is 69.8 cm³/mol. The molecule has 0 spiro atoms. The molecule has 2 rings (SSSR count). The maximum absolute atomic E-state index is 5.83. The molecular weight excluding hydrogens is 212 g/mol. The van der Waals surface area contributed by atoms with Crippen molar-refractivity contribution in [2.45, 2.75) is 13.0 Å². The molecule has 0 radical (unpaired) electrons. The first-order valence-electron chi connectivity index (χ1n) is 5.71. The zero-order chi connectivity index (χ0) is 12.3. The normalized spacial score (nSPS) is 12.4. The van der Waals surface area contributed by atoms with Gasteiger partial charge in [0.15, 0.2) is 0 Å². The third-order valence-electron chi connectivity index (χ3n) is 2.92. The molecular formula is C13H18N4. The Bertz CT molecular complexity index is 490. The van der Waals surface area contributed by atoms with Crippen molar-refractivity contribution in [3.8, 4) is 0 Å². The van der Waals surface area contributed by atoms with Crippen LogP contribution in [0.2, 0.25) is 0 Å². The van der Waals surface area contributed by atoms with E-state index in [1.807, 2.05) is 29.9 Å². The molecule has 0 aliphatic carbocycles. The molecule has 0 amide bonds. The van der Waals surface area contributed by atoms with Gasteiger partial charge in [-0.2, -0.15) is 0 Å². The van der Waals surface area contributed by atoms with Gasteiger partial charge in [-0.15, -0.1) is 0 Å². The van der Waals surface area contributed by atoms with Crippen molar-refractivity contribution in [1.82, 2.24) is 9.55 Å². The van der Waals surface area contributed by atoms with E-state index in [9.17, 15) is 0 Å². The predicted octanol–water partition coefficient (Wildman–Crippen LogP) is 1.84. The van der Waals surface area contributed by atoms with Gasteiger partial charge in [-0.1, -0.05) is 18.2 Å². The summed E-state index contributed by atoms with van der Waals surface area (Å²) >= 11 is 0. The lowest BCUT2D eigenvalue weighted by Gasteiger charge is -2.19. The quantitative estimate of drug-likeness (QED) is 0.842. The van der Waals surface area contributed by atoms with Crippen LogP contribution in [0.3, 0.4) is 0 Å². The fourth-order valence-corrected chi connectivity index (χ4v) is 1.88. The summed E-state index contributed by atoms with van der Waals surface area (Å²) in [4.78, 5) is 4.12. The zero-order valence-electron chi connectivity index (χ0n) is 10.2. The number of aryl methyl sites for hydroxylation is 2. The SMILES string of the molecule is Cc1ccccc1NC(CN)c1cncn1C. The highest BCUT2D eigenvalue weighted by Crippen LogP contribution is 2.20. The fourth-order valence-electron chi connectivity index (χ4n) is 1.88. The number of anilines is 1. The molecule has 1 aromatic carbocycles. The third-order valence-corrected chi connectivity index (χ3v) is 2.92. The molecule has 2 aromatic rings. The number of nitrogens with one attached hydrogen (secondary N) is 1. The van der Waals surface area contributed by atoms with Crippen molar-refractivity contribution in [2.24, 2.45) is 12.8 Å².